The molecule has 11 heteroatoms. The molecule has 1 fully saturated rings. The molecule has 0 amide bonds. The van der Waals surface area contributed by atoms with Crippen LogP contribution in [0.15, 0.2) is 30.6 Å². The molecular formula is C19H16ClF3N6O. The molecule has 1 saturated heterocycles. The highest BCUT2D eigenvalue weighted by molar-refractivity contribution is 6.33. The molecule has 0 bridgehead atoms. The Morgan fingerprint density at radius 2 is 1.77 bits per heavy atom. The number of morpholine rings is 1. The second-order valence-corrected chi connectivity index (χ2v) is 7.32. The molecule has 1 atom stereocenters. The maximum Gasteiger partial charge on any atom is 0.150 e. The van der Waals surface area contributed by atoms with Crippen LogP contribution in [0.25, 0.3) is 5.69 Å². The SMILES string of the molecule is Fc1cc(F)c(C2Nc3cnc(N4CCOCC4)cc3-n3ncc(Cl)c3N2)c(F)c1. The summed E-state index contributed by atoms with van der Waals surface area (Å²) < 4.78 is 49.2. The van der Waals surface area contributed by atoms with Crippen molar-refractivity contribution in [2.75, 3.05) is 41.8 Å². The number of hydrogen-bond donors (Lipinski definition) is 2. The van der Waals surface area contributed by atoms with Crippen molar-refractivity contribution in [3.63, 3.8) is 0 Å². The van der Waals surface area contributed by atoms with Crippen LogP contribution < -0.4 is 15.5 Å². The Kier molecular flexibility index (Phi) is 4.67. The molecule has 156 valence electrons. The average molecular weight is 437 g/mol. The van der Waals surface area contributed by atoms with Gasteiger partial charge in [0, 0.05) is 31.3 Å². The van der Waals surface area contributed by atoms with Gasteiger partial charge < -0.3 is 20.3 Å². The van der Waals surface area contributed by atoms with Gasteiger partial charge in [0.2, 0.25) is 0 Å². The first-order chi connectivity index (χ1) is 14.5. The number of fused-ring (bicyclic) bond motifs is 3. The van der Waals surface area contributed by atoms with Gasteiger partial charge in [0.05, 0.1) is 42.5 Å². The van der Waals surface area contributed by atoms with Crippen LogP contribution in [0.4, 0.5) is 30.5 Å². The number of nitrogens with zero attached hydrogens (tertiary/aromatic N) is 4. The zero-order valence-corrected chi connectivity index (χ0v) is 16.3. The van der Waals surface area contributed by atoms with E-state index in [0.717, 1.165) is 0 Å². The Labute approximate surface area is 174 Å². The Balaban J connectivity index is 1.61. The van der Waals surface area contributed by atoms with E-state index in [1.165, 1.54) is 10.9 Å². The van der Waals surface area contributed by atoms with E-state index in [1.807, 2.05) is 6.07 Å². The van der Waals surface area contributed by atoms with Crippen molar-refractivity contribution >= 4 is 28.9 Å². The molecule has 0 spiro atoms. The summed E-state index contributed by atoms with van der Waals surface area (Å²) in [7, 11) is 0. The lowest BCUT2D eigenvalue weighted by Crippen LogP contribution is -2.36. The monoisotopic (exact) mass is 436 g/mol. The highest BCUT2D eigenvalue weighted by Gasteiger charge is 2.29. The van der Waals surface area contributed by atoms with E-state index in [9.17, 15) is 13.2 Å². The van der Waals surface area contributed by atoms with Crippen LogP contribution in [0.5, 0.6) is 0 Å². The summed E-state index contributed by atoms with van der Waals surface area (Å²) in [6.45, 7) is 2.59. The minimum absolute atomic E-state index is 0.266. The zero-order valence-electron chi connectivity index (χ0n) is 15.5. The van der Waals surface area contributed by atoms with Crippen LogP contribution in [0.3, 0.4) is 0 Å². The Morgan fingerprint density at radius 3 is 2.50 bits per heavy atom. The molecule has 3 aromatic rings. The van der Waals surface area contributed by atoms with Gasteiger partial charge in [-0.05, 0) is 0 Å². The molecule has 7 nitrogen and oxygen atoms in total. The fourth-order valence-corrected chi connectivity index (χ4v) is 3.81. The van der Waals surface area contributed by atoms with Crippen molar-refractivity contribution in [3.05, 3.63) is 58.6 Å². The van der Waals surface area contributed by atoms with E-state index < -0.39 is 23.6 Å². The maximum absolute atomic E-state index is 14.5. The third-order valence-electron chi connectivity index (χ3n) is 5.07. The van der Waals surface area contributed by atoms with Gasteiger partial charge in [-0.1, -0.05) is 11.6 Å². The number of nitrogens with one attached hydrogen (secondary N) is 2. The topological polar surface area (TPSA) is 67.2 Å². The number of hydrogen-bond acceptors (Lipinski definition) is 6. The summed E-state index contributed by atoms with van der Waals surface area (Å²) in [5, 5.41) is 10.6. The van der Waals surface area contributed by atoms with Crippen LogP contribution >= 0.6 is 11.6 Å². The number of rotatable bonds is 2. The second kappa shape index (κ2) is 7.37. The van der Waals surface area contributed by atoms with Crippen LogP contribution in [0.2, 0.25) is 5.02 Å². The lowest BCUT2D eigenvalue weighted by molar-refractivity contribution is 0.122. The standard InChI is InChI=1S/C19H16ClF3N6O/c20-11-8-25-29-15-7-16(28-1-3-30-4-2-28)24-9-14(15)26-18(27-19(11)29)17-12(22)5-10(21)6-13(17)23/h5-9,18,26-27H,1-4H2. The molecule has 1 unspecified atom stereocenters. The quantitative estimate of drug-likeness (QED) is 0.638. The molecule has 0 aliphatic carbocycles. The van der Waals surface area contributed by atoms with Gasteiger partial charge >= 0.3 is 0 Å². The van der Waals surface area contributed by atoms with Gasteiger partial charge in [-0.2, -0.15) is 5.10 Å². The van der Waals surface area contributed by atoms with E-state index in [-0.39, 0.29) is 10.6 Å². The molecule has 2 aromatic heterocycles. The summed E-state index contributed by atoms with van der Waals surface area (Å²) in [5.41, 5.74) is 0.711. The van der Waals surface area contributed by atoms with Gasteiger partial charge in [0.1, 0.15) is 34.5 Å². The molecule has 0 saturated carbocycles. The molecule has 2 N–H and O–H groups in total. The van der Waals surface area contributed by atoms with Gasteiger partial charge in [-0.25, -0.2) is 22.8 Å². The van der Waals surface area contributed by atoms with E-state index in [2.05, 4.69) is 25.6 Å². The molecule has 2 aliphatic heterocycles. The zero-order chi connectivity index (χ0) is 20.8. The first-order valence-electron chi connectivity index (χ1n) is 9.25. The van der Waals surface area contributed by atoms with Crippen molar-refractivity contribution in [2.24, 2.45) is 0 Å². The predicted molar refractivity (Wildman–Crippen MR) is 106 cm³/mol. The smallest absolute Gasteiger partial charge is 0.150 e. The maximum atomic E-state index is 14.5. The first kappa shape index (κ1) is 19.0. The largest absolute Gasteiger partial charge is 0.378 e. The average Bonchev–Trinajstić information content (AvgIpc) is 2.99. The number of aromatic nitrogens is 3. The van der Waals surface area contributed by atoms with Gasteiger partial charge in [-0.3, -0.25) is 0 Å². The third-order valence-corrected chi connectivity index (χ3v) is 5.35. The summed E-state index contributed by atoms with van der Waals surface area (Å²) in [4.78, 5) is 6.56. The predicted octanol–water partition coefficient (Wildman–Crippen LogP) is 3.71. The molecule has 0 radical (unpaired) electrons. The molecule has 30 heavy (non-hydrogen) atoms. The lowest BCUT2D eigenvalue weighted by Gasteiger charge is -2.28. The molecule has 1 aromatic carbocycles. The van der Waals surface area contributed by atoms with E-state index in [1.54, 1.807) is 6.20 Å². The van der Waals surface area contributed by atoms with Gasteiger partial charge in [0.15, 0.2) is 5.82 Å². The molecule has 5 rings (SSSR count). The summed E-state index contributed by atoms with van der Waals surface area (Å²) >= 11 is 6.28. The van der Waals surface area contributed by atoms with E-state index >= 15 is 0 Å². The van der Waals surface area contributed by atoms with Crippen LogP contribution in [0.1, 0.15) is 11.7 Å². The molecule has 4 heterocycles. The van der Waals surface area contributed by atoms with Crippen molar-refractivity contribution in [2.45, 2.75) is 6.17 Å². The van der Waals surface area contributed by atoms with E-state index in [4.69, 9.17) is 16.3 Å². The van der Waals surface area contributed by atoms with Crippen LogP contribution in [0, 0.1) is 17.5 Å². The number of halogens is 4. The lowest BCUT2D eigenvalue weighted by atomic mass is 10.1. The van der Waals surface area contributed by atoms with Gasteiger partial charge in [0.25, 0.3) is 0 Å². The Bertz CT molecular complexity index is 1090. The van der Waals surface area contributed by atoms with Crippen molar-refractivity contribution in [1.29, 1.82) is 0 Å². The number of ether oxygens (including phenoxy) is 1. The van der Waals surface area contributed by atoms with Crippen LogP contribution in [-0.4, -0.2) is 41.1 Å². The number of anilines is 3. The van der Waals surface area contributed by atoms with Crippen molar-refractivity contribution in [1.82, 2.24) is 14.8 Å². The summed E-state index contributed by atoms with van der Waals surface area (Å²) in [5.74, 6) is -1.99. The molecular weight excluding hydrogens is 421 g/mol. The fourth-order valence-electron chi connectivity index (χ4n) is 3.63. The number of benzene rings is 1. The number of pyridine rings is 1. The Morgan fingerprint density at radius 1 is 1.03 bits per heavy atom. The first-order valence-corrected chi connectivity index (χ1v) is 9.63. The molecule has 2 aliphatic rings. The summed E-state index contributed by atoms with van der Waals surface area (Å²) in [6, 6.07) is 3.08. The van der Waals surface area contributed by atoms with Crippen molar-refractivity contribution < 1.29 is 17.9 Å². The summed E-state index contributed by atoms with van der Waals surface area (Å²) in [6.07, 6.45) is 1.93. The normalized spacial score (nSPS) is 18.1. The minimum Gasteiger partial charge on any atom is -0.378 e. The highest BCUT2D eigenvalue weighted by Crippen LogP contribution is 2.38. The van der Waals surface area contributed by atoms with Gasteiger partial charge in [-0.15, -0.1) is 0 Å². The highest BCUT2D eigenvalue weighted by atomic mass is 35.5. The fraction of sp³-hybridized carbons (Fsp3) is 0.263. The third kappa shape index (κ3) is 3.21. The minimum atomic E-state index is -1.07. The van der Waals surface area contributed by atoms with Crippen molar-refractivity contribution in [3.8, 4) is 5.69 Å². The second-order valence-electron chi connectivity index (χ2n) is 6.92. The van der Waals surface area contributed by atoms with Crippen LogP contribution in [-0.2, 0) is 4.74 Å². The van der Waals surface area contributed by atoms with E-state index in [0.29, 0.717) is 61.4 Å². The Hall–Kier alpha value is -2.98.